The lowest BCUT2D eigenvalue weighted by Gasteiger charge is -2.30. The van der Waals surface area contributed by atoms with Crippen LogP contribution in [0, 0.1) is 11.8 Å². The molecular weight excluding hydrogens is 583 g/mol. The Morgan fingerprint density at radius 2 is 1.84 bits per heavy atom. The van der Waals surface area contributed by atoms with Crippen LogP contribution >= 0.6 is 24.0 Å². The van der Waals surface area contributed by atoms with Gasteiger partial charge in [-0.25, -0.2) is 0 Å². The lowest BCUT2D eigenvalue weighted by atomic mass is 9.94. The Balaban J connectivity index is 1.21. The van der Waals surface area contributed by atoms with Crippen LogP contribution in [0.15, 0.2) is 63.9 Å². The van der Waals surface area contributed by atoms with Crippen molar-refractivity contribution < 1.29 is 28.2 Å². The summed E-state index contributed by atoms with van der Waals surface area (Å²) < 4.78 is 23.5. The first-order valence-electron chi connectivity index (χ1n) is 14.7. The summed E-state index contributed by atoms with van der Waals surface area (Å²) in [4.78, 5) is 28.4. The van der Waals surface area contributed by atoms with E-state index in [1.165, 1.54) is 31.0 Å². The molecule has 2 saturated carbocycles. The fourth-order valence-corrected chi connectivity index (χ4v) is 7.87. The number of rotatable bonds is 11. The highest BCUT2D eigenvalue weighted by Gasteiger charge is 2.48. The number of hydrogen-bond acceptors (Lipinski definition) is 8. The molecule has 9 heteroatoms. The second-order valence-electron chi connectivity index (χ2n) is 11.4. The highest BCUT2D eigenvalue weighted by atomic mass is 32.2. The minimum atomic E-state index is -0.257. The first-order valence-corrected chi connectivity index (χ1v) is 16.0. The van der Waals surface area contributed by atoms with Crippen molar-refractivity contribution in [2.24, 2.45) is 11.8 Å². The minimum absolute atomic E-state index is 0.0330. The molecule has 1 saturated heterocycles. The molecule has 0 spiro atoms. The molecule has 1 amide bonds. The number of thioether (sulfide) groups is 1. The molecule has 0 radical (unpaired) electrons. The average molecular weight is 618 g/mol. The minimum Gasteiger partial charge on any atom is -0.497 e. The second-order valence-corrected chi connectivity index (χ2v) is 13.1. The third-order valence-electron chi connectivity index (χ3n) is 8.64. The third kappa shape index (κ3) is 6.53. The number of benzene rings is 2. The van der Waals surface area contributed by atoms with Gasteiger partial charge in [0.2, 0.25) is 0 Å². The zero-order valence-corrected chi connectivity index (χ0v) is 26.0. The van der Waals surface area contributed by atoms with E-state index >= 15 is 0 Å². The highest BCUT2D eigenvalue weighted by Crippen LogP contribution is 2.49. The van der Waals surface area contributed by atoms with Gasteiger partial charge in [0.1, 0.15) is 27.3 Å². The van der Waals surface area contributed by atoms with Crippen LogP contribution in [0.1, 0.15) is 49.0 Å². The van der Waals surface area contributed by atoms with Crippen LogP contribution in [0.2, 0.25) is 0 Å². The average Bonchev–Trinajstić information content (AvgIpc) is 3.80. The third-order valence-corrected chi connectivity index (χ3v) is 9.97. The van der Waals surface area contributed by atoms with E-state index < -0.39 is 0 Å². The Morgan fingerprint density at radius 1 is 1.07 bits per heavy atom. The van der Waals surface area contributed by atoms with E-state index in [2.05, 4.69) is 0 Å². The normalized spacial score (nSPS) is 22.0. The van der Waals surface area contributed by atoms with Crippen molar-refractivity contribution in [1.29, 1.82) is 0 Å². The number of aryl methyl sites for hydroxylation is 1. The molecule has 3 aromatic rings. The number of methoxy groups -OCH3 is 2. The monoisotopic (exact) mass is 617 g/mol. The van der Waals surface area contributed by atoms with Gasteiger partial charge in [-0.2, -0.15) is 0 Å². The summed E-state index contributed by atoms with van der Waals surface area (Å²) in [5.74, 6) is 3.48. The number of ether oxygens (including phenoxy) is 3. The number of carbonyl (C=O) groups is 2. The molecule has 43 heavy (non-hydrogen) atoms. The maximum Gasteiger partial charge on any atom is 0.310 e. The van der Waals surface area contributed by atoms with Gasteiger partial charge in [0, 0.05) is 23.7 Å². The van der Waals surface area contributed by atoms with Gasteiger partial charge in [0.25, 0.3) is 5.91 Å². The summed E-state index contributed by atoms with van der Waals surface area (Å²) in [5, 5.41) is 0. The summed E-state index contributed by atoms with van der Waals surface area (Å²) in [6.45, 7) is 0.283. The number of furan rings is 1. The van der Waals surface area contributed by atoms with Gasteiger partial charge >= 0.3 is 5.97 Å². The van der Waals surface area contributed by atoms with Crippen molar-refractivity contribution in [3.63, 3.8) is 0 Å². The lowest BCUT2D eigenvalue weighted by molar-refractivity contribution is -0.142. The molecule has 3 aliphatic rings. The van der Waals surface area contributed by atoms with Gasteiger partial charge in [-0.15, -0.1) is 0 Å². The lowest BCUT2D eigenvalue weighted by Crippen LogP contribution is -2.41. The maximum absolute atomic E-state index is 13.6. The number of nitrogens with zero attached hydrogens (tertiary/aromatic N) is 1. The zero-order chi connectivity index (χ0) is 29.9. The van der Waals surface area contributed by atoms with Crippen LogP contribution in [-0.2, 0) is 27.2 Å². The zero-order valence-electron chi connectivity index (χ0n) is 24.4. The summed E-state index contributed by atoms with van der Waals surface area (Å²) in [5.41, 5.74) is 2.63. The van der Waals surface area contributed by atoms with Crippen molar-refractivity contribution >= 4 is 46.3 Å². The van der Waals surface area contributed by atoms with Gasteiger partial charge in [0.05, 0.1) is 32.2 Å². The molecular formula is C34H35NO6S2. The number of esters is 1. The SMILES string of the molecule is COc1cc(OC)cc(-c2cc(CCCOC(=O)Cc3ccccc3)c(/C=C3\SC(=S)N(C4CC5CCC4C5)C3=O)o2)c1. The van der Waals surface area contributed by atoms with E-state index in [4.69, 9.17) is 30.8 Å². The summed E-state index contributed by atoms with van der Waals surface area (Å²) >= 11 is 7.06. The Labute approximate surface area is 261 Å². The fourth-order valence-electron chi connectivity index (χ4n) is 6.53. The highest BCUT2D eigenvalue weighted by molar-refractivity contribution is 8.26. The largest absolute Gasteiger partial charge is 0.497 e. The first kappa shape index (κ1) is 29.5. The van der Waals surface area contributed by atoms with Crippen LogP contribution < -0.4 is 9.47 Å². The molecule has 6 rings (SSSR count). The van der Waals surface area contributed by atoms with E-state index in [1.54, 1.807) is 20.3 Å². The van der Waals surface area contributed by atoms with Crippen molar-refractivity contribution in [3.8, 4) is 22.8 Å². The van der Waals surface area contributed by atoms with E-state index in [0.717, 1.165) is 23.1 Å². The molecule has 2 aromatic carbocycles. The standard InChI is InChI=1S/C34H35NO6S2/c1-38-26-16-25(17-27(19-26)39-2)29-18-24(9-6-12-40-32(36)15-21-7-4-3-5-8-21)30(41-29)20-31-33(37)35(34(42)43-31)28-14-22-10-11-23(28)13-22/h3-5,7-8,16-20,22-23,28H,6,9-15H2,1-2H3/b31-20-. The molecule has 1 aliphatic heterocycles. The van der Waals surface area contributed by atoms with Gasteiger partial charge < -0.3 is 18.6 Å². The van der Waals surface area contributed by atoms with Crippen LogP contribution in [0.3, 0.4) is 0 Å². The summed E-state index contributed by atoms with van der Waals surface area (Å²) in [7, 11) is 3.21. The summed E-state index contributed by atoms with van der Waals surface area (Å²) in [6.07, 6.45) is 7.95. The van der Waals surface area contributed by atoms with Gasteiger partial charge in [0.15, 0.2) is 0 Å². The van der Waals surface area contributed by atoms with Crippen molar-refractivity contribution in [1.82, 2.24) is 4.90 Å². The topological polar surface area (TPSA) is 78.2 Å². The molecule has 2 bridgehead atoms. The van der Waals surface area contributed by atoms with Crippen LogP contribution in [0.4, 0.5) is 0 Å². The molecule has 7 nitrogen and oxygen atoms in total. The molecule has 3 fully saturated rings. The van der Waals surface area contributed by atoms with Gasteiger partial charge in [-0.1, -0.05) is 60.7 Å². The smallest absolute Gasteiger partial charge is 0.310 e. The second kappa shape index (κ2) is 13.0. The maximum atomic E-state index is 13.6. The van der Waals surface area contributed by atoms with Crippen LogP contribution in [-0.4, -0.2) is 48.0 Å². The number of fused-ring (bicyclic) bond motifs is 2. The van der Waals surface area contributed by atoms with Gasteiger partial charge in [-0.05, 0) is 73.3 Å². The predicted molar refractivity (Wildman–Crippen MR) is 171 cm³/mol. The molecule has 2 aliphatic carbocycles. The van der Waals surface area contributed by atoms with E-state index in [1.807, 2.05) is 59.5 Å². The van der Waals surface area contributed by atoms with Crippen molar-refractivity contribution in [2.75, 3.05) is 20.8 Å². The fraction of sp³-hybridized carbons (Fsp3) is 0.382. The first-order chi connectivity index (χ1) is 20.9. The molecule has 2 heterocycles. The quantitative estimate of drug-likeness (QED) is 0.0979. The number of thiocarbonyl (C=S) groups is 1. The Kier molecular flexibility index (Phi) is 8.90. The van der Waals surface area contributed by atoms with Crippen molar-refractivity contribution in [3.05, 3.63) is 76.4 Å². The molecule has 224 valence electrons. The Morgan fingerprint density at radius 3 is 2.51 bits per heavy atom. The molecule has 3 unspecified atom stereocenters. The Bertz CT molecular complexity index is 1530. The number of carbonyl (C=O) groups excluding carboxylic acids is 2. The molecule has 3 atom stereocenters. The van der Waals surface area contributed by atoms with Gasteiger partial charge in [-0.3, -0.25) is 14.5 Å². The van der Waals surface area contributed by atoms with Crippen LogP contribution in [0.5, 0.6) is 11.5 Å². The Hall–Kier alpha value is -3.56. The number of amides is 1. The molecule has 0 N–H and O–H groups in total. The number of hydrogen-bond donors (Lipinski definition) is 0. The van der Waals surface area contributed by atoms with Crippen LogP contribution in [0.25, 0.3) is 17.4 Å². The molecule has 1 aromatic heterocycles. The summed E-state index contributed by atoms with van der Waals surface area (Å²) in [6, 6.07) is 17.3. The van der Waals surface area contributed by atoms with E-state index in [9.17, 15) is 9.59 Å². The van der Waals surface area contributed by atoms with E-state index in [-0.39, 0.29) is 30.9 Å². The van der Waals surface area contributed by atoms with E-state index in [0.29, 0.717) is 56.9 Å². The van der Waals surface area contributed by atoms with Crippen molar-refractivity contribution in [2.45, 2.75) is 51.0 Å². The predicted octanol–water partition coefficient (Wildman–Crippen LogP) is 7.07.